The van der Waals surface area contributed by atoms with Gasteiger partial charge in [0.15, 0.2) is 17.3 Å². The predicted octanol–water partition coefficient (Wildman–Crippen LogP) is 3.32. The van der Waals surface area contributed by atoms with Crippen molar-refractivity contribution in [3.05, 3.63) is 72.3 Å². The first-order valence-electron chi connectivity index (χ1n) is 10.2. The van der Waals surface area contributed by atoms with Crippen molar-refractivity contribution in [1.82, 2.24) is 10.2 Å². The first kappa shape index (κ1) is 20.8. The number of hydrogen-bond donors (Lipinski definition) is 3. The topological polar surface area (TPSA) is 122 Å². The lowest BCUT2D eigenvalue weighted by Gasteiger charge is -2.18. The summed E-state index contributed by atoms with van der Waals surface area (Å²) in [6, 6.07) is 18.5. The maximum Gasteiger partial charge on any atom is 0.261 e. The molecule has 0 fully saturated rings. The Morgan fingerprint density at radius 1 is 0.970 bits per heavy atom. The second-order valence-corrected chi connectivity index (χ2v) is 9.14. The monoisotopic (exact) mass is 464 g/mol. The van der Waals surface area contributed by atoms with Crippen LogP contribution in [0.25, 0.3) is 10.9 Å². The molecule has 0 spiro atoms. The van der Waals surface area contributed by atoms with E-state index in [1.165, 1.54) is 12.1 Å². The maximum absolute atomic E-state index is 12.6. The highest BCUT2D eigenvalue weighted by Gasteiger charge is 2.17. The standard InChI is InChI=1S/C23H20N4O5S/c28-22(13-15-6-9-20-21(12-15)32-11-10-31-20)24-23-18-8-7-16(14-19(18)25-26-23)27-33(29,30)17-4-2-1-3-5-17/h1-9,12,14,27H,10-11,13H2,(H2,24,25,26,28). The van der Waals surface area contributed by atoms with Gasteiger partial charge in [-0.25, -0.2) is 8.42 Å². The Bertz CT molecular complexity index is 1430. The van der Waals surface area contributed by atoms with E-state index in [2.05, 4.69) is 20.2 Å². The molecular formula is C23H20N4O5S. The third-order valence-electron chi connectivity index (χ3n) is 5.10. The molecule has 2 heterocycles. The second-order valence-electron chi connectivity index (χ2n) is 7.45. The summed E-state index contributed by atoms with van der Waals surface area (Å²) in [7, 11) is -3.71. The third-order valence-corrected chi connectivity index (χ3v) is 6.49. The molecule has 1 aliphatic heterocycles. The number of aromatic amines is 1. The summed E-state index contributed by atoms with van der Waals surface area (Å²) in [6.07, 6.45) is 0.139. The molecule has 0 bridgehead atoms. The van der Waals surface area contributed by atoms with E-state index in [9.17, 15) is 13.2 Å². The Hall–Kier alpha value is -4.05. The highest BCUT2D eigenvalue weighted by molar-refractivity contribution is 7.92. The first-order valence-corrected chi connectivity index (χ1v) is 11.7. The number of carbonyl (C=O) groups excluding carboxylic acids is 1. The maximum atomic E-state index is 12.6. The van der Waals surface area contributed by atoms with Crippen LogP contribution in [-0.2, 0) is 21.2 Å². The lowest BCUT2D eigenvalue weighted by atomic mass is 10.1. The molecule has 1 aromatic heterocycles. The number of nitrogens with zero attached hydrogens (tertiary/aromatic N) is 1. The van der Waals surface area contributed by atoms with Crippen LogP contribution in [0, 0.1) is 0 Å². The zero-order valence-corrected chi connectivity index (χ0v) is 18.2. The number of aromatic nitrogens is 2. The number of amides is 1. The number of hydrogen-bond acceptors (Lipinski definition) is 6. The lowest BCUT2D eigenvalue weighted by molar-refractivity contribution is -0.115. The summed E-state index contributed by atoms with van der Waals surface area (Å²) in [4.78, 5) is 12.7. The molecule has 0 saturated heterocycles. The fourth-order valence-corrected chi connectivity index (χ4v) is 4.62. The van der Waals surface area contributed by atoms with Gasteiger partial charge in [-0.05, 0) is 48.0 Å². The minimum atomic E-state index is -3.71. The van der Waals surface area contributed by atoms with Crippen LogP contribution >= 0.6 is 0 Å². The average molecular weight is 465 g/mol. The van der Waals surface area contributed by atoms with Gasteiger partial charge in [0.1, 0.15) is 13.2 Å². The van der Waals surface area contributed by atoms with Crippen molar-refractivity contribution in [2.45, 2.75) is 11.3 Å². The summed E-state index contributed by atoms with van der Waals surface area (Å²) in [5.41, 5.74) is 1.75. The van der Waals surface area contributed by atoms with Crippen LogP contribution in [0.1, 0.15) is 5.56 Å². The van der Waals surface area contributed by atoms with E-state index in [1.807, 2.05) is 6.07 Å². The van der Waals surface area contributed by atoms with E-state index < -0.39 is 10.0 Å². The van der Waals surface area contributed by atoms with Crippen LogP contribution < -0.4 is 19.5 Å². The average Bonchev–Trinajstić information content (AvgIpc) is 3.21. The van der Waals surface area contributed by atoms with Gasteiger partial charge in [-0.2, -0.15) is 5.10 Å². The summed E-state index contributed by atoms with van der Waals surface area (Å²) in [5.74, 6) is 1.42. The number of benzene rings is 3. The van der Waals surface area contributed by atoms with Gasteiger partial charge in [-0.15, -0.1) is 0 Å². The van der Waals surface area contributed by atoms with Gasteiger partial charge in [0.2, 0.25) is 5.91 Å². The molecular weight excluding hydrogens is 444 g/mol. The SMILES string of the molecule is O=C(Cc1ccc2c(c1)OCCO2)Nc1n[nH]c2cc(NS(=O)(=O)c3ccccc3)ccc12. The molecule has 0 radical (unpaired) electrons. The minimum Gasteiger partial charge on any atom is -0.486 e. The molecule has 9 nitrogen and oxygen atoms in total. The van der Waals surface area contributed by atoms with Gasteiger partial charge >= 0.3 is 0 Å². The Morgan fingerprint density at radius 3 is 2.58 bits per heavy atom. The number of sulfonamides is 1. The number of nitrogens with one attached hydrogen (secondary N) is 3. The molecule has 1 amide bonds. The number of anilines is 2. The molecule has 10 heteroatoms. The van der Waals surface area contributed by atoms with Gasteiger partial charge in [0.25, 0.3) is 10.0 Å². The Balaban J connectivity index is 1.29. The highest BCUT2D eigenvalue weighted by Crippen LogP contribution is 2.31. The van der Waals surface area contributed by atoms with Crippen LogP contribution in [0.5, 0.6) is 11.5 Å². The van der Waals surface area contributed by atoms with Crippen molar-refractivity contribution >= 4 is 38.3 Å². The summed E-state index contributed by atoms with van der Waals surface area (Å²) < 4.78 is 38.7. The van der Waals surface area contributed by atoms with E-state index in [0.717, 1.165) is 5.56 Å². The first-order chi connectivity index (χ1) is 16.0. The van der Waals surface area contributed by atoms with Crippen molar-refractivity contribution in [3.63, 3.8) is 0 Å². The summed E-state index contributed by atoms with van der Waals surface area (Å²) in [6.45, 7) is 0.986. The van der Waals surface area contributed by atoms with Crippen LogP contribution in [-0.4, -0.2) is 37.7 Å². The number of ether oxygens (including phenoxy) is 2. The van der Waals surface area contributed by atoms with Crippen molar-refractivity contribution < 1.29 is 22.7 Å². The van der Waals surface area contributed by atoms with Crippen molar-refractivity contribution in [2.75, 3.05) is 23.3 Å². The highest BCUT2D eigenvalue weighted by atomic mass is 32.2. The summed E-state index contributed by atoms with van der Waals surface area (Å²) >= 11 is 0. The molecule has 1 aliphatic rings. The number of fused-ring (bicyclic) bond motifs is 2. The number of rotatable bonds is 6. The molecule has 0 saturated carbocycles. The normalized spacial score (nSPS) is 13.0. The zero-order valence-electron chi connectivity index (χ0n) is 17.4. The van der Waals surface area contributed by atoms with E-state index in [0.29, 0.717) is 47.1 Å². The third kappa shape index (κ3) is 4.46. The molecule has 168 valence electrons. The Morgan fingerprint density at radius 2 is 1.76 bits per heavy atom. The molecule has 3 aromatic carbocycles. The van der Waals surface area contributed by atoms with Gasteiger partial charge in [-0.1, -0.05) is 24.3 Å². The summed E-state index contributed by atoms with van der Waals surface area (Å²) in [5, 5.41) is 10.4. The van der Waals surface area contributed by atoms with E-state index in [-0.39, 0.29) is 17.2 Å². The van der Waals surface area contributed by atoms with Crippen LogP contribution in [0.3, 0.4) is 0 Å². The molecule has 0 aliphatic carbocycles. The molecule has 0 unspecified atom stereocenters. The smallest absolute Gasteiger partial charge is 0.261 e. The van der Waals surface area contributed by atoms with Crippen molar-refractivity contribution in [3.8, 4) is 11.5 Å². The van der Waals surface area contributed by atoms with Crippen LogP contribution in [0.15, 0.2) is 71.6 Å². The van der Waals surface area contributed by atoms with Crippen LogP contribution in [0.2, 0.25) is 0 Å². The quantitative estimate of drug-likeness (QED) is 0.402. The molecule has 4 aromatic rings. The minimum absolute atomic E-state index is 0.139. The van der Waals surface area contributed by atoms with Crippen LogP contribution in [0.4, 0.5) is 11.5 Å². The molecule has 3 N–H and O–H groups in total. The van der Waals surface area contributed by atoms with Gasteiger partial charge in [-0.3, -0.25) is 14.6 Å². The molecule has 33 heavy (non-hydrogen) atoms. The van der Waals surface area contributed by atoms with Gasteiger partial charge in [0.05, 0.1) is 22.5 Å². The van der Waals surface area contributed by atoms with Gasteiger partial charge < -0.3 is 14.8 Å². The predicted molar refractivity (Wildman–Crippen MR) is 123 cm³/mol. The number of H-pyrrole nitrogens is 1. The molecule has 5 rings (SSSR count). The molecule has 0 atom stereocenters. The van der Waals surface area contributed by atoms with Crippen molar-refractivity contribution in [2.24, 2.45) is 0 Å². The van der Waals surface area contributed by atoms with Gasteiger partial charge in [0, 0.05) is 5.39 Å². The fourth-order valence-electron chi connectivity index (χ4n) is 3.55. The largest absolute Gasteiger partial charge is 0.486 e. The Kier molecular flexibility index (Phi) is 5.35. The van der Waals surface area contributed by atoms with E-state index >= 15 is 0 Å². The second kappa shape index (κ2) is 8.47. The number of carbonyl (C=O) groups is 1. The lowest BCUT2D eigenvalue weighted by Crippen LogP contribution is -2.17. The van der Waals surface area contributed by atoms with E-state index in [1.54, 1.807) is 48.5 Å². The van der Waals surface area contributed by atoms with E-state index in [4.69, 9.17) is 9.47 Å². The Labute approximate surface area is 189 Å². The fraction of sp³-hybridized carbons (Fsp3) is 0.130. The zero-order chi connectivity index (χ0) is 22.8. The van der Waals surface area contributed by atoms with Crippen molar-refractivity contribution in [1.29, 1.82) is 0 Å².